The number of carbonyl (C=O) groups is 2. The minimum Gasteiger partial charge on any atom is -0.481 e. The first kappa shape index (κ1) is 23.1. The van der Waals surface area contributed by atoms with Crippen LogP contribution in [0.3, 0.4) is 0 Å². The van der Waals surface area contributed by atoms with Crippen molar-refractivity contribution in [2.75, 3.05) is 19.0 Å². The first-order valence-electron chi connectivity index (χ1n) is 11.9. The number of anilines is 1. The molecule has 4 aromatic rings. The maximum Gasteiger partial charge on any atom is 0.272 e. The van der Waals surface area contributed by atoms with Crippen LogP contribution in [0.1, 0.15) is 36.2 Å². The van der Waals surface area contributed by atoms with Crippen molar-refractivity contribution in [3.8, 4) is 17.1 Å². The maximum absolute atomic E-state index is 14.5. The van der Waals surface area contributed by atoms with E-state index in [1.54, 1.807) is 17.0 Å². The van der Waals surface area contributed by atoms with Crippen LogP contribution in [-0.4, -0.2) is 60.7 Å². The van der Waals surface area contributed by atoms with Gasteiger partial charge in [0, 0.05) is 29.6 Å². The quantitative estimate of drug-likeness (QED) is 0.428. The maximum atomic E-state index is 14.5. The third kappa shape index (κ3) is 3.98. The Morgan fingerprint density at radius 2 is 2.03 bits per heavy atom. The SMILES string of the molecule is COc1cc(-c2cc(C(=O)N3CC[C@@H](C(=O)Nc4c(F)ccc5ccnn45)CC34CC4)[nH]n2)c(F)cn1. The fourth-order valence-electron chi connectivity index (χ4n) is 5.09. The molecule has 10 nitrogen and oxygen atoms in total. The van der Waals surface area contributed by atoms with Crippen LogP contribution in [0.5, 0.6) is 5.88 Å². The normalized spacial score (nSPS) is 18.2. The number of ether oxygens (including phenoxy) is 1. The second-order valence-corrected chi connectivity index (χ2v) is 9.43. The van der Waals surface area contributed by atoms with Crippen LogP contribution in [0.2, 0.25) is 0 Å². The lowest BCUT2D eigenvalue weighted by Gasteiger charge is -2.39. The summed E-state index contributed by atoms with van der Waals surface area (Å²) in [7, 11) is 1.43. The molecule has 1 saturated carbocycles. The number of aromatic amines is 1. The molecule has 0 radical (unpaired) electrons. The lowest BCUT2D eigenvalue weighted by Crippen LogP contribution is -2.50. The number of methoxy groups -OCH3 is 1. The van der Waals surface area contributed by atoms with E-state index in [0.717, 1.165) is 19.0 Å². The van der Waals surface area contributed by atoms with Crippen LogP contribution < -0.4 is 10.1 Å². The summed E-state index contributed by atoms with van der Waals surface area (Å²) in [5.41, 5.74) is 0.879. The van der Waals surface area contributed by atoms with Gasteiger partial charge in [0.15, 0.2) is 17.5 Å². The number of hydrogen-bond donors (Lipinski definition) is 2. The van der Waals surface area contributed by atoms with E-state index in [9.17, 15) is 18.4 Å². The highest BCUT2D eigenvalue weighted by atomic mass is 19.1. The zero-order valence-electron chi connectivity index (χ0n) is 19.9. The number of pyridine rings is 2. The molecule has 0 bridgehead atoms. The Morgan fingerprint density at radius 1 is 1.19 bits per heavy atom. The Hall–Kier alpha value is -4.35. The van der Waals surface area contributed by atoms with Crippen molar-refractivity contribution in [3.05, 3.63) is 60.1 Å². The van der Waals surface area contributed by atoms with Gasteiger partial charge in [0.2, 0.25) is 11.8 Å². The number of likely N-dealkylation sites (tertiary alicyclic amines) is 1. The molecule has 2 amide bonds. The van der Waals surface area contributed by atoms with Crippen molar-refractivity contribution in [1.29, 1.82) is 0 Å². The number of rotatable bonds is 5. The van der Waals surface area contributed by atoms with E-state index in [4.69, 9.17) is 4.74 Å². The third-order valence-electron chi connectivity index (χ3n) is 7.22. The highest BCUT2D eigenvalue weighted by molar-refractivity contribution is 5.95. The predicted molar refractivity (Wildman–Crippen MR) is 128 cm³/mol. The molecule has 190 valence electrons. The number of nitrogens with zero attached hydrogens (tertiary/aromatic N) is 5. The summed E-state index contributed by atoms with van der Waals surface area (Å²) >= 11 is 0. The number of hydrogen-bond acceptors (Lipinski definition) is 6. The summed E-state index contributed by atoms with van der Waals surface area (Å²) in [6, 6.07) is 7.52. The van der Waals surface area contributed by atoms with Gasteiger partial charge in [0.1, 0.15) is 5.69 Å². The lowest BCUT2D eigenvalue weighted by atomic mass is 9.88. The van der Waals surface area contributed by atoms with Crippen LogP contribution in [0.25, 0.3) is 16.8 Å². The summed E-state index contributed by atoms with van der Waals surface area (Å²) in [6.45, 7) is 0.358. The number of piperidine rings is 1. The van der Waals surface area contributed by atoms with Crippen molar-refractivity contribution >= 4 is 23.1 Å². The first-order valence-corrected chi connectivity index (χ1v) is 11.9. The van der Waals surface area contributed by atoms with Crippen molar-refractivity contribution in [2.24, 2.45) is 5.92 Å². The summed E-state index contributed by atoms with van der Waals surface area (Å²) in [5.74, 6) is -1.87. The number of H-pyrrole nitrogens is 1. The van der Waals surface area contributed by atoms with Crippen LogP contribution >= 0.6 is 0 Å². The highest BCUT2D eigenvalue weighted by Gasteiger charge is 2.54. The van der Waals surface area contributed by atoms with Gasteiger partial charge in [-0.3, -0.25) is 14.7 Å². The molecule has 0 aromatic carbocycles. The van der Waals surface area contributed by atoms with Gasteiger partial charge in [-0.25, -0.2) is 18.3 Å². The second-order valence-electron chi connectivity index (χ2n) is 9.43. The number of halogens is 2. The molecule has 2 aliphatic rings. The summed E-state index contributed by atoms with van der Waals surface area (Å²) in [4.78, 5) is 32.1. The predicted octanol–water partition coefficient (Wildman–Crippen LogP) is 3.43. The van der Waals surface area contributed by atoms with Crippen LogP contribution in [-0.2, 0) is 4.79 Å². The average Bonchev–Trinajstić information content (AvgIpc) is 3.29. The molecule has 0 unspecified atom stereocenters. The van der Waals surface area contributed by atoms with Crippen LogP contribution in [0.4, 0.5) is 14.6 Å². The number of aromatic nitrogens is 5. The number of fused-ring (bicyclic) bond motifs is 1. The van der Waals surface area contributed by atoms with Crippen LogP contribution in [0, 0.1) is 17.6 Å². The van der Waals surface area contributed by atoms with E-state index in [1.807, 2.05) is 0 Å². The van der Waals surface area contributed by atoms with Crippen LogP contribution in [0.15, 0.2) is 42.7 Å². The molecule has 1 aliphatic heterocycles. The van der Waals surface area contributed by atoms with Crippen molar-refractivity contribution in [3.63, 3.8) is 0 Å². The fraction of sp³-hybridized carbons (Fsp3) is 0.320. The minimum atomic E-state index is -0.584. The molecule has 12 heteroatoms. The van der Waals surface area contributed by atoms with Crippen molar-refractivity contribution in [2.45, 2.75) is 31.2 Å². The van der Waals surface area contributed by atoms with E-state index in [0.29, 0.717) is 24.9 Å². The van der Waals surface area contributed by atoms with E-state index in [2.05, 4.69) is 25.6 Å². The largest absolute Gasteiger partial charge is 0.481 e. The van der Waals surface area contributed by atoms with E-state index < -0.39 is 17.2 Å². The summed E-state index contributed by atoms with van der Waals surface area (Å²) < 4.78 is 35.2. The summed E-state index contributed by atoms with van der Waals surface area (Å²) in [5, 5.41) is 13.6. The molecule has 37 heavy (non-hydrogen) atoms. The number of carbonyl (C=O) groups excluding carboxylic acids is 2. The molecular weight excluding hydrogens is 484 g/mol. The molecule has 1 spiro atoms. The molecule has 1 aliphatic carbocycles. The Labute approximate surface area is 209 Å². The van der Waals surface area contributed by atoms with Gasteiger partial charge < -0.3 is 15.0 Å². The van der Waals surface area contributed by atoms with E-state index in [1.165, 1.54) is 36.0 Å². The standard InChI is InChI=1S/C25H23F2N7O3/c1-37-21-10-16(18(27)13-28-21)19-11-20(32-31-19)24(36)33-9-5-14(12-25(33)6-7-25)23(35)30-22-17(26)3-2-15-4-8-29-34(15)22/h2-4,8,10-11,13-14H,5-7,9,12H2,1H3,(H,30,35)(H,31,32)/t14-/m1/s1. The minimum absolute atomic E-state index is 0.000756. The monoisotopic (exact) mass is 507 g/mol. The molecule has 2 fully saturated rings. The van der Waals surface area contributed by atoms with Gasteiger partial charge >= 0.3 is 0 Å². The lowest BCUT2D eigenvalue weighted by molar-refractivity contribution is -0.122. The molecule has 4 aromatic heterocycles. The van der Waals surface area contributed by atoms with Crippen molar-refractivity contribution < 1.29 is 23.1 Å². The molecular formula is C25H23F2N7O3. The molecule has 6 rings (SSSR count). The van der Waals surface area contributed by atoms with Gasteiger partial charge in [-0.05, 0) is 49.9 Å². The van der Waals surface area contributed by atoms with Gasteiger partial charge in [-0.2, -0.15) is 10.2 Å². The summed E-state index contributed by atoms with van der Waals surface area (Å²) in [6.07, 6.45) is 5.00. The third-order valence-corrected chi connectivity index (χ3v) is 7.22. The topological polar surface area (TPSA) is 118 Å². The zero-order chi connectivity index (χ0) is 25.7. The fourth-order valence-corrected chi connectivity index (χ4v) is 5.09. The zero-order valence-corrected chi connectivity index (χ0v) is 19.9. The molecule has 1 atom stereocenters. The average molecular weight is 508 g/mol. The van der Waals surface area contributed by atoms with E-state index in [-0.39, 0.29) is 46.4 Å². The Bertz CT molecular complexity index is 1530. The number of amides is 2. The van der Waals surface area contributed by atoms with Gasteiger partial charge in [-0.1, -0.05) is 0 Å². The van der Waals surface area contributed by atoms with Gasteiger partial charge in [0.25, 0.3) is 5.91 Å². The highest BCUT2D eigenvalue weighted by Crippen LogP contribution is 2.50. The smallest absolute Gasteiger partial charge is 0.272 e. The second kappa shape index (κ2) is 8.64. The Balaban J connectivity index is 1.18. The van der Waals surface area contributed by atoms with E-state index >= 15 is 0 Å². The van der Waals surface area contributed by atoms with Crippen molar-refractivity contribution in [1.82, 2.24) is 29.7 Å². The van der Waals surface area contributed by atoms with Gasteiger partial charge in [-0.15, -0.1) is 0 Å². The van der Waals surface area contributed by atoms with Gasteiger partial charge in [0.05, 0.1) is 30.7 Å². The number of nitrogens with one attached hydrogen (secondary N) is 2. The molecule has 1 saturated heterocycles. The Morgan fingerprint density at radius 3 is 2.81 bits per heavy atom. The first-order chi connectivity index (χ1) is 17.9. The molecule has 2 N–H and O–H groups in total. The molecule has 5 heterocycles. The Kier molecular flexibility index (Phi) is 5.39.